The minimum absolute atomic E-state index is 0.0334. The molecule has 0 radical (unpaired) electrons. The summed E-state index contributed by atoms with van der Waals surface area (Å²) < 4.78 is 0. The topological polar surface area (TPSA) is 54.4 Å². The third kappa shape index (κ3) is 1.79. The van der Waals surface area contributed by atoms with Crippen LogP contribution in [0.5, 0.6) is 0 Å². The van der Waals surface area contributed by atoms with Crippen LogP contribution < -0.4 is 0 Å². The lowest BCUT2D eigenvalue weighted by molar-refractivity contribution is -0.140. The van der Waals surface area contributed by atoms with Crippen molar-refractivity contribution >= 4 is 11.8 Å². The van der Waals surface area contributed by atoms with Crippen molar-refractivity contribution in [3.63, 3.8) is 0 Å². The summed E-state index contributed by atoms with van der Waals surface area (Å²) >= 11 is 0. The average Bonchev–Trinajstić information content (AvgIpc) is 1.78. The van der Waals surface area contributed by atoms with Crippen LogP contribution in [0.1, 0.15) is 26.2 Å². The third-order valence-corrected chi connectivity index (χ3v) is 2.38. The summed E-state index contributed by atoms with van der Waals surface area (Å²) in [7, 11) is 0. The molecule has 0 saturated heterocycles. The highest BCUT2D eigenvalue weighted by Gasteiger charge is 2.35. The molecular formula is C8H12O3. The maximum atomic E-state index is 10.8. The molecular weight excluding hydrogens is 144 g/mol. The fourth-order valence-electron chi connectivity index (χ4n) is 1.57. The van der Waals surface area contributed by atoms with E-state index in [2.05, 4.69) is 0 Å². The van der Waals surface area contributed by atoms with Gasteiger partial charge in [-0.05, 0) is 25.7 Å². The molecule has 0 spiro atoms. The van der Waals surface area contributed by atoms with Gasteiger partial charge in [0.25, 0.3) is 0 Å². The first kappa shape index (κ1) is 8.24. The van der Waals surface area contributed by atoms with Crippen molar-refractivity contribution in [2.45, 2.75) is 26.2 Å². The van der Waals surface area contributed by atoms with Crippen LogP contribution in [0.3, 0.4) is 0 Å². The van der Waals surface area contributed by atoms with Gasteiger partial charge in [0.2, 0.25) is 0 Å². The van der Waals surface area contributed by atoms with Crippen molar-refractivity contribution in [2.75, 3.05) is 0 Å². The quantitative estimate of drug-likeness (QED) is 0.665. The summed E-state index contributed by atoms with van der Waals surface area (Å²) in [6, 6.07) is 0. The second kappa shape index (κ2) is 3.03. The molecule has 0 aromatic rings. The van der Waals surface area contributed by atoms with E-state index in [0.717, 1.165) is 12.8 Å². The molecule has 0 aromatic heterocycles. The lowest BCUT2D eigenvalue weighted by Gasteiger charge is -2.33. The molecule has 1 saturated carbocycles. The Kier molecular flexibility index (Phi) is 2.27. The molecule has 1 aliphatic rings. The number of ketones is 1. The zero-order valence-corrected chi connectivity index (χ0v) is 6.54. The van der Waals surface area contributed by atoms with E-state index < -0.39 is 5.97 Å². The van der Waals surface area contributed by atoms with Crippen LogP contribution in [0, 0.1) is 11.8 Å². The number of carbonyl (C=O) groups is 2. The molecule has 0 bridgehead atoms. The Hall–Kier alpha value is -0.860. The normalized spacial score (nSPS) is 29.2. The molecule has 2 atom stereocenters. The number of carbonyl (C=O) groups excluding carboxylic acids is 1. The van der Waals surface area contributed by atoms with E-state index >= 15 is 0 Å². The number of carboxylic acid groups (broad SMARTS) is 1. The van der Waals surface area contributed by atoms with Crippen molar-refractivity contribution in [2.24, 2.45) is 11.8 Å². The van der Waals surface area contributed by atoms with Gasteiger partial charge in [-0.25, -0.2) is 0 Å². The van der Waals surface area contributed by atoms with Crippen LogP contribution in [0.2, 0.25) is 0 Å². The fourth-order valence-corrected chi connectivity index (χ4v) is 1.57. The Bertz CT molecular complexity index is 186. The van der Waals surface area contributed by atoms with Gasteiger partial charge in [0.15, 0.2) is 0 Å². The van der Waals surface area contributed by atoms with Gasteiger partial charge < -0.3 is 5.11 Å². The van der Waals surface area contributed by atoms with Gasteiger partial charge in [0.05, 0.1) is 0 Å². The van der Waals surface area contributed by atoms with E-state index in [9.17, 15) is 9.59 Å². The van der Waals surface area contributed by atoms with Crippen molar-refractivity contribution in [1.29, 1.82) is 0 Å². The first-order valence-electron chi connectivity index (χ1n) is 3.83. The molecule has 0 heterocycles. The molecule has 2 unspecified atom stereocenters. The van der Waals surface area contributed by atoms with Crippen molar-refractivity contribution < 1.29 is 14.7 Å². The average molecular weight is 156 g/mol. The number of hydrogen-bond donors (Lipinski definition) is 1. The van der Waals surface area contributed by atoms with Crippen LogP contribution in [-0.2, 0) is 9.59 Å². The maximum Gasteiger partial charge on any atom is 0.303 e. The third-order valence-electron chi connectivity index (χ3n) is 2.38. The summed E-state index contributed by atoms with van der Waals surface area (Å²) in [5.74, 6) is -0.500. The van der Waals surface area contributed by atoms with Crippen molar-refractivity contribution in [3.8, 4) is 0 Å². The van der Waals surface area contributed by atoms with Gasteiger partial charge in [0.1, 0.15) is 5.78 Å². The lowest BCUT2D eigenvalue weighted by Crippen LogP contribution is -2.33. The van der Waals surface area contributed by atoms with Crippen LogP contribution in [0.15, 0.2) is 0 Å². The SMILES string of the molecule is CC(=O)C1CCC1CC(=O)O. The summed E-state index contributed by atoms with van der Waals surface area (Å²) in [6.45, 7) is 1.54. The molecule has 0 amide bonds. The zero-order chi connectivity index (χ0) is 8.43. The Balaban J connectivity index is 2.37. The van der Waals surface area contributed by atoms with E-state index in [-0.39, 0.29) is 24.0 Å². The predicted molar refractivity (Wildman–Crippen MR) is 39.1 cm³/mol. The van der Waals surface area contributed by atoms with Crippen LogP contribution in [0.25, 0.3) is 0 Å². The molecule has 0 aromatic carbocycles. The lowest BCUT2D eigenvalue weighted by atomic mass is 9.70. The maximum absolute atomic E-state index is 10.8. The fraction of sp³-hybridized carbons (Fsp3) is 0.750. The summed E-state index contributed by atoms with van der Waals surface area (Å²) in [6.07, 6.45) is 1.94. The number of rotatable bonds is 3. The molecule has 62 valence electrons. The van der Waals surface area contributed by atoms with Crippen LogP contribution >= 0.6 is 0 Å². The Morgan fingerprint density at radius 2 is 2.09 bits per heavy atom. The van der Waals surface area contributed by atoms with Gasteiger partial charge in [-0.15, -0.1) is 0 Å². The molecule has 1 aliphatic carbocycles. The summed E-state index contributed by atoms with van der Waals surface area (Å²) in [5.41, 5.74) is 0. The smallest absolute Gasteiger partial charge is 0.303 e. The van der Waals surface area contributed by atoms with Crippen molar-refractivity contribution in [3.05, 3.63) is 0 Å². The van der Waals surface area contributed by atoms with Crippen LogP contribution in [-0.4, -0.2) is 16.9 Å². The van der Waals surface area contributed by atoms with E-state index in [0.29, 0.717) is 0 Å². The highest BCUT2D eigenvalue weighted by atomic mass is 16.4. The monoisotopic (exact) mass is 156 g/mol. The zero-order valence-electron chi connectivity index (χ0n) is 6.54. The highest BCUT2D eigenvalue weighted by Crippen LogP contribution is 2.37. The predicted octanol–water partition coefficient (Wildman–Crippen LogP) is 1.08. The first-order valence-corrected chi connectivity index (χ1v) is 3.83. The minimum Gasteiger partial charge on any atom is -0.481 e. The number of carboxylic acids is 1. The first-order chi connectivity index (χ1) is 5.11. The van der Waals surface area contributed by atoms with Gasteiger partial charge in [-0.2, -0.15) is 0 Å². The van der Waals surface area contributed by atoms with E-state index in [4.69, 9.17) is 5.11 Å². The highest BCUT2D eigenvalue weighted by molar-refractivity contribution is 5.80. The van der Waals surface area contributed by atoms with Gasteiger partial charge in [-0.3, -0.25) is 9.59 Å². The Morgan fingerprint density at radius 1 is 1.45 bits per heavy atom. The Labute approximate surface area is 65.4 Å². The molecule has 0 aliphatic heterocycles. The molecule has 1 rings (SSSR count). The molecule has 3 nitrogen and oxygen atoms in total. The van der Waals surface area contributed by atoms with Crippen LogP contribution in [0.4, 0.5) is 0 Å². The molecule has 11 heavy (non-hydrogen) atoms. The van der Waals surface area contributed by atoms with Gasteiger partial charge in [-0.1, -0.05) is 0 Å². The number of aliphatic carboxylic acids is 1. The number of hydrogen-bond acceptors (Lipinski definition) is 2. The van der Waals surface area contributed by atoms with Gasteiger partial charge >= 0.3 is 5.97 Å². The summed E-state index contributed by atoms with van der Waals surface area (Å²) in [4.78, 5) is 21.1. The Morgan fingerprint density at radius 3 is 2.36 bits per heavy atom. The van der Waals surface area contributed by atoms with E-state index in [1.807, 2.05) is 0 Å². The summed E-state index contributed by atoms with van der Waals surface area (Å²) in [5, 5.41) is 8.44. The molecule has 1 fully saturated rings. The second-order valence-corrected chi connectivity index (χ2v) is 3.15. The number of Topliss-reactive ketones (excluding diaryl/α,β-unsaturated/α-hetero) is 1. The second-order valence-electron chi connectivity index (χ2n) is 3.15. The van der Waals surface area contributed by atoms with E-state index in [1.54, 1.807) is 6.92 Å². The van der Waals surface area contributed by atoms with E-state index in [1.165, 1.54) is 0 Å². The largest absolute Gasteiger partial charge is 0.481 e. The van der Waals surface area contributed by atoms with Crippen molar-refractivity contribution in [1.82, 2.24) is 0 Å². The minimum atomic E-state index is -0.791. The standard InChI is InChI=1S/C8H12O3/c1-5(9)7-3-2-6(7)4-8(10)11/h6-7H,2-4H2,1H3,(H,10,11). The van der Waals surface area contributed by atoms with Gasteiger partial charge in [0, 0.05) is 12.3 Å². The molecule has 1 N–H and O–H groups in total. The molecule has 3 heteroatoms.